The molecule has 1 aliphatic rings. The van der Waals surface area contributed by atoms with Gasteiger partial charge in [0, 0.05) is 18.9 Å². The maximum atomic E-state index is 13.8. The Morgan fingerprint density at radius 2 is 1.93 bits per heavy atom. The third-order valence-corrected chi connectivity index (χ3v) is 5.63. The number of nitrogens with one attached hydrogen (secondary N) is 1. The number of rotatable bonds is 3. The molecule has 0 amide bonds. The number of hydrogen-bond acceptors (Lipinski definition) is 4. The van der Waals surface area contributed by atoms with E-state index in [0.29, 0.717) is 18.4 Å². The number of aliphatic hydroxyl groups is 1. The van der Waals surface area contributed by atoms with E-state index in [9.17, 15) is 27.9 Å². The predicted molar refractivity (Wildman–Crippen MR) is 105 cm³/mol. The van der Waals surface area contributed by atoms with Crippen molar-refractivity contribution in [2.45, 2.75) is 50.6 Å². The maximum Gasteiger partial charge on any atom is 0.418 e. The van der Waals surface area contributed by atoms with Gasteiger partial charge in [0.1, 0.15) is 0 Å². The molecule has 4 N–H and O–H groups in total. The topological polar surface area (TPSA) is 106 Å². The molecule has 1 aliphatic carbocycles. The molecule has 1 aromatic carbocycles. The number of benzene rings is 1. The van der Waals surface area contributed by atoms with Crippen molar-refractivity contribution in [2.24, 2.45) is 5.73 Å². The summed E-state index contributed by atoms with van der Waals surface area (Å²) < 4.78 is 43.9. The Kier molecular flexibility index (Phi) is 5.07. The van der Waals surface area contributed by atoms with Crippen molar-refractivity contribution >= 4 is 11.0 Å². The molecule has 2 atom stereocenters. The fraction of sp³-hybridized carbons (Fsp3) is 0.400. The van der Waals surface area contributed by atoms with Crippen LogP contribution in [0.5, 0.6) is 0 Å². The number of aliphatic hydroxyl groups excluding tert-OH is 1. The van der Waals surface area contributed by atoms with Crippen LogP contribution in [0.2, 0.25) is 0 Å². The second kappa shape index (κ2) is 7.44. The average molecular weight is 422 g/mol. The van der Waals surface area contributed by atoms with Gasteiger partial charge >= 0.3 is 17.3 Å². The molecule has 3 aromatic rings. The molecule has 7 nitrogen and oxygen atoms in total. The lowest BCUT2D eigenvalue weighted by atomic mass is 9.92. The maximum absolute atomic E-state index is 13.8. The molecule has 160 valence electrons. The summed E-state index contributed by atoms with van der Waals surface area (Å²) >= 11 is 0. The van der Waals surface area contributed by atoms with Crippen molar-refractivity contribution in [2.75, 3.05) is 0 Å². The molecule has 0 aliphatic heterocycles. The van der Waals surface area contributed by atoms with Crippen LogP contribution in [0.1, 0.15) is 42.9 Å². The molecule has 2 aromatic heterocycles. The van der Waals surface area contributed by atoms with Gasteiger partial charge in [-0.05, 0) is 36.6 Å². The highest BCUT2D eigenvalue weighted by Gasteiger charge is 2.36. The second-order valence-corrected chi connectivity index (χ2v) is 7.56. The Hall–Kier alpha value is -2.85. The Labute approximate surface area is 168 Å². The van der Waals surface area contributed by atoms with E-state index in [1.54, 1.807) is 6.07 Å². The summed E-state index contributed by atoms with van der Waals surface area (Å²) in [5, 5.41) is 10.4. The molecule has 0 bridgehead atoms. The molecule has 0 saturated heterocycles. The second-order valence-electron chi connectivity index (χ2n) is 7.56. The van der Waals surface area contributed by atoms with Crippen molar-refractivity contribution in [3.8, 4) is 5.69 Å². The fourth-order valence-corrected chi connectivity index (χ4v) is 4.15. The molecule has 4 rings (SSSR count). The van der Waals surface area contributed by atoms with Gasteiger partial charge < -0.3 is 20.4 Å². The van der Waals surface area contributed by atoms with E-state index in [4.69, 9.17) is 5.73 Å². The van der Waals surface area contributed by atoms with Crippen LogP contribution < -0.4 is 16.9 Å². The van der Waals surface area contributed by atoms with Gasteiger partial charge in [-0.1, -0.05) is 12.8 Å². The van der Waals surface area contributed by atoms with Gasteiger partial charge in [-0.25, -0.2) is 0 Å². The zero-order valence-corrected chi connectivity index (χ0v) is 15.9. The van der Waals surface area contributed by atoms with Crippen LogP contribution in [0, 0.1) is 0 Å². The van der Waals surface area contributed by atoms with Gasteiger partial charge in [0.15, 0.2) is 0 Å². The number of alkyl halides is 3. The summed E-state index contributed by atoms with van der Waals surface area (Å²) in [6, 6.07) is 3.00. The van der Waals surface area contributed by atoms with E-state index in [2.05, 4.69) is 4.98 Å². The van der Waals surface area contributed by atoms with Crippen molar-refractivity contribution in [1.82, 2.24) is 14.1 Å². The number of aromatic amines is 1. The van der Waals surface area contributed by atoms with Crippen LogP contribution in [0.4, 0.5) is 13.2 Å². The van der Waals surface area contributed by atoms with Crippen LogP contribution in [0.25, 0.3) is 16.7 Å². The van der Waals surface area contributed by atoms with Crippen LogP contribution in [0.3, 0.4) is 0 Å². The summed E-state index contributed by atoms with van der Waals surface area (Å²) in [7, 11) is 0. The van der Waals surface area contributed by atoms with Crippen molar-refractivity contribution in [3.63, 3.8) is 0 Å². The first-order valence-electron chi connectivity index (χ1n) is 9.66. The van der Waals surface area contributed by atoms with E-state index >= 15 is 0 Å². The van der Waals surface area contributed by atoms with E-state index in [-0.39, 0.29) is 23.3 Å². The minimum Gasteiger partial charge on any atom is -0.391 e. The Morgan fingerprint density at radius 3 is 2.57 bits per heavy atom. The summed E-state index contributed by atoms with van der Waals surface area (Å²) in [6.45, 7) is 0.161. The lowest BCUT2D eigenvalue weighted by Crippen LogP contribution is -2.42. The minimum atomic E-state index is -4.70. The minimum absolute atomic E-state index is 0.111. The Morgan fingerprint density at radius 1 is 1.20 bits per heavy atom. The number of halogens is 3. The molecular weight excluding hydrogens is 401 g/mol. The van der Waals surface area contributed by atoms with Crippen LogP contribution in [0.15, 0.2) is 40.2 Å². The fourth-order valence-electron chi connectivity index (χ4n) is 4.15. The molecule has 30 heavy (non-hydrogen) atoms. The summed E-state index contributed by atoms with van der Waals surface area (Å²) in [5.74, 6) is 0. The first kappa shape index (κ1) is 20.4. The third kappa shape index (κ3) is 3.46. The lowest BCUT2D eigenvalue weighted by Gasteiger charge is -2.30. The van der Waals surface area contributed by atoms with Gasteiger partial charge in [-0.2, -0.15) is 13.2 Å². The molecule has 1 fully saturated rings. The van der Waals surface area contributed by atoms with Gasteiger partial charge in [-0.3, -0.25) is 14.2 Å². The first-order chi connectivity index (χ1) is 14.2. The Balaban J connectivity index is 2.05. The normalized spacial score (nSPS) is 20.0. The molecule has 1 saturated carbocycles. The zero-order valence-electron chi connectivity index (χ0n) is 15.9. The van der Waals surface area contributed by atoms with Gasteiger partial charge in [0.2, 0.25) is 0 Å². The standard InChI is InChI=1S/C20H21F3N4O3/c21-20(22,23)12-7-13-16(8-15(12)26-6-5-11(9-24)10-26)27(19(30)18(29)25-13)14-3-1-2-4-17(14)28/h5-8,10,14,17,28H,1-4,9,24H2,(H,25,29). The number of nitrogens with zero attached hydrogens (tertiary/aromatic N) is 2. The molecule has 2 heterocycles. The van der Waals surface area contributed by atoms with Crippen molar-refractivity contribution < 1.29 is 18.3 Å². The van der Waals surface area contributed by atoms with Crippen LogP contribution in [-0.4, -0.2) is 25.3 Å². The van der Waals surface area contributed by atoms with Gasteiger partial charge in [0.05, 0.1) is 34.4 Å². The first-order valence-corrected chi connectivity index (χ1v) is 9.66. The Bertz CT molecular complexity index is 1210. The summed E-state index contributed by atoms with van der Waals surface area (Å²) in [6.07, 6.45) is -0.174. The number of hydrogen-bond donors (Lipinski definition) is 3. The summed E-state index contributed by atoms with van der Waals surface area (Å²) in [5.41, 5.74) is 3.18. The zero-order chi connectivity index (χ0) is 21.6. The molecule has 0 spiro atoms. The van der Waals surface area contributed by atoms with E-state index in [0.717, 1.165) is 23.5 Å². The highest BCUT2D eigenvalue weighted by atomic mass is 19.4. The average Bonchev–Trinajstić information content (AvgIpc) is 3.18. The molecule has 2 unspecified atom stereocenters. The lowest BCUT2D eigenvalue weighted by molar-refractivity contribution is -0.137. The number of fused-ring (bicyclic) bond motifs is 1. The molecular formula is C20H21F3N4O3. The highest BCUT2D eigenvalue weighted by molar-refractivity contribution is 5.79. The van der Waals surface area contributed by atoms with E-state index in [1.165, 1.54) is 23.0 Å². The molecule has 0 radical (unpaired) electrons. The van der Waals surface area contributed by atoms with Crippen LogP contribution >= 0.6 is 0 Å². The number of H-pyrrole nitrogens is 1. The van der Waals surface area contributed by atoms with Crippen molar-refractivity contribution in [1.29, 1.82) is 0 Å². The monoisotopic (exact) mass is 422 g/mol. The van der Waals surface area contributed by atoms with Gasteiger partial charge in [0.25, 0.3) is 0 Å². The molecule has 10 heteroatoms. The smallest absolute Gasteiger partial charge is 0.391 e. The van der Waals surface area contributed by atoms with E-state index in [1.807, 2.05) is 0 Å². The van der Waals surface area contributed by atoms with Crippen molar-refractivity contribution in [3.05, 3.63) is 62.4 Å². The SMILES string of the molecule is NCc1ccn(-c2cc3c(cc2C(F)(F)F)[nH]c(=O)c(=O)n3C2CCCCC2O)c1. The predicted octanol–water partition coefficient (Wildman–Crippen LogP) is 2.43. The van der Waals surface area contributed by atoms with Gasteiger partial charge in [-0.15, -0.1) is 0 Å². The quantitative estimate of drug-likeness (QED) is 0.564. The van der Waals surface area contributed by atoms with Crippen LogP contribution in [-0.2, 0) is 12.7 Å². The number of nitrogens with two attached hydrogens (primary N) is 1. The largest absolute Gasteiger partial charge is 0.418 e. The highest BCUT2D eigenvalue weighted by Crippen LogP contribution is 2.37. The summed E-state index contributed by atoms with van der Waals surface area (Å²) in [4.78, 5) is 27.1. The number of aromatic nitrogens is 3. The third-order valence-electron chi connectivity index (χ3n) is 5.63. The van der Waals surface area contributed by atoms with E-state index < -0.39 is 35.0 Å².